The van der Waals surface area contributed by atoms with Crippen LogP contribution < -0.4 is 20.5 Å². The van der Waals surface area contributed by atoms with E-state index in [0.29, 0.717) is 0 Å². The topological polar surface area (TPSA) is 25.9 Å². The maximum absolute atomic E-state index is 15.4. The summed E-state index contributed by atoms with van der Waals surface area (Å²) in [6, 6.07) is 44.9. The third-order valence-electron chi connectivity index (χ3n) is 9.16. The van der Waals surface area contributed by atoms with Crippen molar-refractivity contribution in [3.63, 3.8) is 0 Å². The third kappa shape index (κ3) is 5.61. The third-order valence-corrected chi connectivity index (χ3v) is 12.3. The minimum Gasteiger partial charge on any atom is -0.309 e. The van der Waals surface area contributed by atoms with Crippen molar-refractivity contribution in [2.45, 2.75) is 45.2 Å². The normalized spacial score (nSPS) is 13.8. The highest BCUT2D eigenvalue weighted by Crippen LogP contribution is 2.44. The highest BCUT2D eigenvalue weighted by Gasteiger charge is 2.32. The van der Waals surface area contributed by atoms with Crippen LogP contribution in [0.15, 0.2) is 146 Å². The Hall–Kier alpha value is -4.46. The zero-order chi connectivity index (χ0) is 29.9. The lowest BCUT2D eigenvalue weighted by Gasteiger charge is -2.24. The summed E-state index contributed by atoms with van der Waals surface area (Å²) in [6.45, 7) is 3.09. The van der Waals surface area contributed by atoms with E-state index in [0.717, 1.165) is 48.1 Å². The van der Waals surface area contributed by atoms with Gasteiger partial charge in [0.2, 0.25) is 6.33 Å². The molecule has 4 aliphatic rings. The van der Waals surface area contributed by atoms with Crippen LogP contribution in [0.25, 0.3) is 0 Å². The minimum atomic E-state index is -3.05. The standard InChI is InChI=1S/C40H38N2OP/c1-31(34-11-5-2-6-12-34)42-26-25-41(30-42)29-37-27-32-17-21-35(37)22-18-33-20-24-36(23-19-32)40(28-33)44(43,38-13-7-3-8-14-38)39-15-9-4-10-16-39/h2-17,20-21,24-28,30-31H,18-19,22-23,29H2,1H3/q+1/t31-/m0/s1. The Bertz CT molecular complexity index is 1890. The van der Waals surface area contributed by atoms with Gasteiger partial charge in [0.25, 0.3) is 0 Å². The molecule has 44 heavy (non-hydrogen) atoms. The van der Waals surface area contributed by atoms with Crippen molar-refractivity contribution in [3.05, 3.63) is 179 Å². The monoisotopic (exact) mass is 593 g/mol. The molecule has 1 atom stereocenters. The van der Waals surface area contributed by atoms with Gasteiger partial charge in [-0.15, -0.1) is 0 Å². The molecule has 0 saturated heterocycles. The van der Waals surface area contributed by atoms with Gasteiger partial charge in [-0.05, 0) is 72.1 Å². The Balaban J connectivity index is 1.21. The highest BCUT2D eigenvalue weighted by molar-refractivity contribution is 7.85. The summed E-state index contributed by atoms with van der Waals surface area (Å²) in [5.41, 5.74) is 7.81. The van der Waals surface area contributed by atoms with Crippen molar-refractivity contribution >= 4 is 23.1 Å². The first kappa shape index (κ1) is 28.3. The number of nitrogens with zero attached hydrogens (tertiary/aromatic N) is 2. The summed E-state index contributed by atoms with van der Waals surface area (Å²) in [6.07, 6.45) is 10.2. The van der Waals surface area contributed by atoms with Crippen molar-refractivity contribution in [2.24, 2.45) is 0 Å². The number of hydrogen-bond acceptors (Lipinski definition) is 1. The second-order valence-corrected chi connectivity index (χ2v) is 14.7. The molecule has 0 unspecified atom stereocenters. The van der Waals surface area contributed by atoms with Gasteiger partial charge >= 0.3 is 0 Å². The SMILES string of the molecule is C[C@@H](c1ccccc1)n1cc[n+](Cc2cc3ccc2CCc2ccc(c(P(=O)(c4ccccc4)c4ccccc4)c2)CC3)c1. The zero-order valence-corrected chi connectivity index (χ0v) is 26.1. The summed E-state index contributed by atoms with van der Waals surface area (Å²) in [5.74, 6) is 0. The fourth-order valence-corrected chi connectivity index (χ4v) is 9.57. The average molecular weight is 594 g/mol. The maximum Gasteiger partial charge on any atom is 0.244 e. The Morgan fingerprint density at radius 2 is 1.25 bits per heavy atom. The summed E-state index contributed by atoms with van der Waals surface area (Å²) >= 11 is 0. The van der Waals surface area contributed by atoms with Gasteiger partial charge in [-0.2, -0.15) is 0 Å². The highest BCUT2D eigenvalue weighted by atomic mass is 31.2. The van der Waals surface area contributed by atoms with Gasteiger partial charge < -0.3 is 4.57 Å². The number of aryl methyl sites for hydroxylation is 4. The first-order valence-corrected chi connectivity index (χ1v) is 17.3. The fraction of sp³-hybridized carbons (Fsp3) is 0.175. The molecule has 0 amide bonds. The van der Waals surface area contributed by atoms with Crippen molar-refractivity contribution in [3.8, 4) is 0 Å². The predicted octanol–water partition coefficient (Wildman–Crippen LogP) is 6.96. The molecule has 1 heterocycles. The number of benzene rings is 5. The molecular formula is C40H38N2OP+. The van der Waals surface area contributed by atoms with Crippen LogP contribution in [0.4, 0.5) is 0 Å². The summed E-state index contributed by atoms with van der Waals surface area (Å²) in [7, 11) is -3.05. The van der Waals surface area contributed by atoms with Gasteiger partial charge in [-0.1, -0.05) is 121 Å². The molecule has 10 rings (SSSR count). The van der Waals surface area contributed by atoms with Crippen LogP contribution >= 0.6 is 7.14 Å². The molecule has 3 nitrogen and oxygen atoms in total. The van der Waals surface area contributed by atoms with Crippen LogP contribution in [-0.4, -0.2) is 4.57 Å². The van der Waals surface area contributed by atoms with Gasteiger partial charge in [-0.3, -0.25) is 0 Å². The zero-order valence-electron chi connectivity index (χ0n) is 25.2. The lowest BCUT2D eigenvalue weighted by Crippen LogP contribution is -2.32. The Labute approximate surface area is 260 Å². The molecule has 0 radical (unpaired) electrons. The van der Waals surface area contributed by atoms with Gasteiger partial charge in [0, 0.05) is 15.9 Å². The van der Waals surface area contributed by atoms with E-state index in [4.69, 9.17) is 0 Å². The van der Waals surface area contributed by atoms with Crippen molar-refractivity contribution in [1.82, 2.24) is 4.57 Å². The number of aromatic nitrogens is 2. The van der Waals surface area contributed by atoms with E-state index in [1.165, 1.54) is 33.4 Å². The fourth-order valence-electron chi connectivity index (χ4n) is 6.59. The minimum absolute atomic E-state index is 0.278. The van der Waals surface area contributed by atoms with E-state index in [1.54, 1.807) is 0 Å². The van der Waals surface area contributed by atoms with Crippen LogP contribution in [-0.2, 0) is 36.8 Å². The number of hydrogen-bond donors (Lipinski definition) is 0. The maximum atomic E-state index is 15.4. The Kier molecular flexibility index (Phi) is 7.90. The van der Waals surface area contributed by atoms with E-state index < -0.39 is 7.14 Å². The second-order valence-electron chi connectivity index (χ2n) is 12.0. The van der Waals surface area contributed by atoms with E-state index in [9.17, 15) is 0 Å². The van der Waals surface area contributed by atoms with Crippen LogP contribution in [0.3, 0.4) is 0 Å². The average Bonchev–Trinajstić information content (AvgIpc) is 3.55. The molecule has 4 bridgehead atoms. The summed E-state index contributed by atoms with van der Waals surface area (Å²) in [5, 5.41) is 2.78. The molecular weight excluding hydrogens is 555 g/mol. The summed E-state index contributed by atoms with van der Waals surface area (Å²) < 4.78 is 19.9. The molecule has 0 aliphatic heterocycles. The second kappa shape index (κ2) is 12.3. The molecule has 0 saturated carbocycles. The Morgan fingerprint density at radius 1 is 0.682 bits per heavy atom. The van der Waals surface area contributed by atoms with E-state index in [2.05, 4.69) is 102 Å². The lowest BCUT2D eigenvalue weighted by molar-refractivity contribution is -0.688. The van der Waals surface area contributed by atoms with E-state index in [-0.39, 0.29) is 6.04 Å². The molecule has 218 valence electrons. The Morgan fingerprint density at radius 3 is 1.91 bits per heavy atom. The van der Waals surface area contributed by atoms with E-state index >= 15 is 4.57 Å². The van der Waals surface area contributed by atoms with Crippen LogP contribution in [0.2, 0.25) is 0 Å². The predicted molar refractivity (Wildman–Crippen MR) is 181 cm³/mol. The molecule has 5 aromatic carbocycles. The summed E-state index contributed by atoms with van der Waals surface area (Å²) in [4.78, 5) is 0. The molecule has 1 aromatic heterocycles. The van der Waals surface area contributed by atoms with Gasteiger partial charge in [0.1, 0.15) is 25.0 Å². The van der Waals surface area contributed by atoms with Gasteiger partial charge in [0.05, 0.1) is 0 Å². The molecule has 0 fully saturated rings. The number of rotatable bonds is 7. The molecule has 0 N–H and O–H groups in total. The quantitative estimate of drug-likeness (QED) is 0.145. The van der Waals surface area contributed by atoms with Gasteiger partial charge in [0.15, 0.2) is 7.14 Å². The van der Waals surface area contributed by atoms with Crippen LogP contribution in [0, 0.1) is 0 Å². The molecule has 4 aliphatic carbocycles. The van der Waals surface area contributed by atoms with Crippen LogP contribution in [0.1, 0.15) is 46.3 Å². The smallest absolute Gasteiger partial charge is 0.244 e. The molecule has 4 heteroatoms. The lowest BCUT2D eigenvalue weighted by atomic mass is 9.93. The molecule has 6 aromatic rings. The number of imidazole rings is 1. The van der Waals surface area contributed by atoms with Crippen molar-refractivity contribution < 1.29 is 9.13 Å². The van der Waals surface area contributed by atoms with Crippen molar-refractivity contribution in [1.29, 1.82) is 0 Å². The van der Waals surface area contributed by atoms with E-state index in [1.807, 2.05) is 60.7 Å². The first-order chi connectivity index (χ1) is 21.6. The first-order valence-electron chi connectivity index (χ1n) is 15.6. The van der Waals surface area contributed by atoms with Crippen LogP contribution in [0.5, 0.6) is 0 Å². The molecule has 0 spiro atoms. The largest absolute Gasteiger partial charge is 0.309 e. The van der Waals surface area contributed by atoms with Crippen molar-refractivity contribution in [2.75, 3.05) is 0 Å². The van der Waals surface area contributed by atoms with Gasteiger partial charge in [-0.25, -0.2) is 9.13 Å².